The summed E-state index contributed by atoms with van der Waals surface area (Å²) in [5.74, 6) is -1.20. The Bertz CT molecular complexity index is 1360. The minimum atomic E-state index is -4.21. The SMILES string of the molecule is COc1cc(C=C(C#N)C#N)ccc1OC(=O)C1CCCN(S(=O)(=O)c2ccccc2[N+](=O)[O-])C1. The van der Waals surface area contributed by atoms with Crippen LogP contribution in [0.4, 0.5) is 5.69 Å². The molecule has 1 atom stereocenters. The predicted molar refractivity (Wildman–Crippen MR) is 122 cm³/mol. The summed E-state index contributed by atoms with van der Waals surface area (Å²) in [7, 11) is -2.85. The molecule has 2 aromatic rings. The second-order valence-electron chi connectivity index (χ2n) is 7.54. The number of benzene rings is 2. The second kappa shape index (κ2) is 10.8. The van der Waals surface area contributed by atoms with E-state index in [-0.39, 0.29) is 30.2 Å². The molecular weight excluding hydrogens is 476 g/mol. The van der Waals surface area contributed by atoms with E-state index in [9.17, 15) is 23.3 Å². The van der Waals surface area contributed by atoms with Gasteiger partial charge in [0.1, 0.15) is 17.7 Å². The highest BCUT2D eigenvalue weighted by atomic mass is 32.2. The van der Waals surface area contributed by atoms with E-state index in [2.05, 4.69) is 0 Å². The molecule has 1 saturated heterocycles. The Morgan fingerprint density at radius 1 is 1.20 bits per heavy atom. The van der Waals surface area contributed by atoms with E-state index in [0.717, 1.165) is 10.4 Å². The van der Waals surface area contributed by atoms with Gasteiger partial charge < -0.3 is 9.47 Å². The van der Waals surface area contributed by atoms with Crippen molar-refractivity contribution in [2.45, 2.75) is 17.7 Å². The third-order valence-corrected chi connectivity index (χ3v) is 7.26. The van der Waals surface area contributed by atoms with Gasteiger partial charge in [0, 0.05) is 19.2 Å². The number of nitriles is 2. The number of rotatable bonds is 7. The fourth-order valence-corrected chi connectivity index (χ4v) is 5.31. The van der Waals surface area contributed by atoms with Crippen LogP contribution in [0.2, 0.25) is 0 Å². The van der Waals surface area contributed by atoms with Crippen LogP contribution in [0, 0.1) is 38.7 Å². The number of hydrogen-bond acceptors (Lipinski definition) is 9. The number of nitrogens with zero attached hydrogens (tertiary/aromatic N) is 4. The molecule has 0 spiro atoms. The number of carbonyl (C=O) groups is 1. The maximum atomic E-state index is 13.1. The molecule has 2 aromatic carbocycles. The summed E-state index contributed by atoms with van der Waals surface area (Å²) < 4.78 is 38.0. The Labute approximate surface area is 201 Å². The Morgan fingerprint density at radius 3 is 2.57 bits per heavy atom. The van der Waals surface area contributed by atoms with Crippen LogP contribution in [0.5, 0.6) is 11.5 Å². The highest BCUT2D eigenvalue weighted by Crippen LogP contribution is 2.32. The molecule has 0 radical (unpaired) electrons. The van der Waals surface area contributed by atoms with E-state index in [1.807, 2.05) is 0 Å². The van der Waals surface area contributed by atoms with Gasteiger partial charge in [0.15, 0.2) is 16.4 Å². The van der Waals surface area contributed by atoms with Gasteiger partial charge in [-0.1, -0.05) is 18.2 Å². The maximum Gasteiger partial charge on any atom is 0.315 e. The number of esters is 1. The van der Waals surface area contributed by atoms with Crippen molar-refractivity contribution in [3.05, 3.63) is 63.7 Å². The van der Waals surface area contributed by atoms with E-state index in [0.29, 0.717) is 18.4 Å². The lowest BCUT2D eigenvalue weighted by atomic mass is 10.00. The molecular formula is C23H20N4O7S. The van der Waals surface area contributed by atoms with Crippen molar-refractivity contribution in [2.24, 2.45) is 5.92 Å². The van der Waals surface area contributed by atoms with E-state index >= 15 is 0 Å². The number of nitro benzene ring substituents is 1. The number of nitro groups is 1. The number of carbonyl (C=O) groups excluding carboxylic acids is 1. The van der Waals surface area contributed by atoms with Crippen LogP contribution in [-0.2, 0) is 14.8 Å². The average Bonchev–Trinajstić information content (AvgIpc) is 2.87. The van der Waals surface area contributed by atoms with Crippen LogP contribution in [0.3, 0.4) is 0 Å². The van der Waals surface area contributed by atoms with Crippen LogP contribution in [0.25, 0.3) is 6.08 Å². The van der Waals surface area contributed by atoms with Gasteiger partial charge in [-0.2, -0.15) is 14.8 Å². The molecule has 0 amide bonds. The van der Waals surface area contributed by atoms with Crippen LogP contribution < -0.4 is 9.47 Å². The van der Waals surface area contributed by atoms with Crippen LogP contribution >= 0.6 is 0 Å². The molecule has 1 fully saturated rings. The fourth-order valence-electron chi connectivity index (χ4n) is 3.62. The highest BCUT2D eigenvalue weighted by Gasteiger charge is 2.37. The van der Waals surface area contributed by atoms with Gasteiger partial charge in [0.05, 0.1) is 18.0 Å². The van der Waals surface area contributed by atoms with Crippen LogP contribution in [-0.4, -0.2) is 43.8 Å². The molecule has 0 N–H and O–H groups in total. The molecule has 12 heteroatoms. The second-order valence-corrected chi connectivity index (χ2v) is 9.45. The number of piperidine rings is 1. The lowest BCUT2D eigenvalue weighted by Gasteiger charge is -2.30. The summed E-state index contributed by atoms with van der Waals surface area (Å²) in [5, 5.41) is 29.1. The Balaban J connectivity index is 1.80. The Hall–Kier alpha value is -4.26. The zero-order valence-corrected chi connectivity index (χ0v) is 19.4. The zero-order chi connectivity index (χ0) is 25.6. The third kappa shape index (κ3) is 5.63. The van der Waals surface area contributed by atoms with Crippen LogP contribution in [0.15, 0.2) is 52.9 Å². The fraction of sp³-hybridized carbons (Fsp3) is 0.261. The number of para-hydroxylation sites is 1. The van der Waals surface area contributed by atoms with Crippen LogP contribution in [0.1, 0.15) is 18.4 Å². The van der Waals surface area contributed by atoms with E-state index in [1.165, 1.54) is 49.6 Å². The van der Waals surface area contributed by atoms with E-state index < -0.39 is 37.4 Å². The minimum absolute atomic E-state index is 0.0868. The first kappa shape index (κ1) is 25.4. The maximum absolute atomic E-state index is 13.1. The lowest BCUT2D eigenvalue weighted by molar-refractivity contribution is -0.387. The molecule has 3 rings (SSSR count). The summed E-state index contributed by atoms with van der Waals surface area (Å²) in [4.78, 5) is 23.0. The van der Waals surface area contributed by atoms with Gasteiger partial charge in [0.25, 0.3) is 5.69 Å². The number of methoxy groups -OCH3 is 1. The van der Waals surface area contributed by atoms with Gasteiger partial charge in [-0.25, -0.2) is 8.42 Å². The quantitative estimate of drug-likeness (QED) is 0.184. The topological polar surface area (TPSA) is 164 Å². The largest absolute Gasteiger partial charge is 0.493 e. The number of ether oxygens (including phenoxy) is 2. The molecule has 1 unspecified atom stereocenters. The van der Waals surface area contributed by atoms with Crippen molar-refractivity contribution < 1.29 is 27.6 Å². The van der Waals surface area contributed by atoms with E-state index in [1.54, 1.807) is 12.1 Å². The van der Waals surface area contributed by atoms with Crippen molar-refractivity contribution in [1.29, 1.82) is 10.5 Å². The molecule has 0 aliphatic carbocycles. The van der Waals surface area contributed by atoms with Gasteiger partial charge in [-0.15, -0.1) is 0 Å². The Kier molecular flexibility index (Phi) is 7.81. The van der Waals surface area contributed by atoms with Crippen molar-refractivity contribution >= 4 is 27.8 Å². The van der Waals surface area contributed by atoms with Crippen molar-refractivity contribution in [2.75, 3.05) is 20.2 Å². The molecule has 0 aromatic heterocycles. The number of hydrogen-bond donors (Lipinski definition) is 0. The van der Waals surface area contributed by atoms with Gasteiger partial charge in [-0.3, -0.25) is 14.9 Å². The van der Waals surface area contributed by atoms with Crippen molar-refractivity contribution in [1.82, 2.24) is 4.31 Å². The molecule has 1 aliphatic heterocycles. The van der Waals surface area contributed by atoms with Gasteiger partial charge >= 0.3 is 5.97 Å². The molecule has 0 saturated carbocycles. The monoisotopic (exact) mass is 496 g/mol. The molecule has 35 heavy (non-hydrogen) atoms. The Morgan fingerprint density at radius 2 is 1.91 bits per heavy atom. The average molecular weight is 497 g/mol. The summed E-state index contributed by atoms with van der Waals surface area (Å²) in [6.45, 7) is -0.0767. The number of sulfonamides is 1. The predicted octanol–water partition coefficient (Wildman–Crippen LogP) is 3.04. The number of allylic oxidation sites excluding steroid dienone is 1. The molecule has 1 heterocycles. The molecule has 11 nitrogen and oxygen atoms in total. The summed E-state index contributed by atoms with van der Waals surface area (Å²) in [5.41, 5.74) is -0.162. The van der Waals surface area contributed by atoms with E-state index in [4.69, 9.17) is 20.0 Å². The minimum Gasteiger partial charge on any atom is -0.493 e. The smallest absolute Gasteiger partial charge is 0.315 e. The first-order chi connectivity index (χ1) is 16.7. The van der Waals surface area contributed by atoms with Gasteiger partial charge in [0.2, 0.25) is 10.0 Å². The molecule has 180 valence electrons. The summed E-state index contributed by atoms with van der Waals surface area (Å²) in [6.07, 6.45) is 2.09. The van der Waals surface area contributed by atoms with Crippen molar-refractivity contribution in [3.63, 3.8) is 0 Å². The molecule has 0 bridgehead atoms. The standard InChI is InChI=1S/C23H20N4O7S/c1-33-21-12-16(11-17(13-24)14-25)8-9-20(21)34-23(28)18-5-4-10-26(15-18)35(31,32)22-7-3-2-6-19(22)27(29)30/h2-3,6-9,11-12,18H,4-5,10,15H2,1H3. The normalized spacial score (nSPS) is 15.8. The first-order valence-electron chi connectivity index (χ1n) is 10.4. The lowest BCUT2D eigenvalue weighted by Crippen LogP contribution is -2.43. The summed E-state index contributed by atoms with van der Waals surface area (Å²) in [6, 6.07) is 13.0. The summed E-state index contributed by atoms with van der Waals surface area (Å²) >= 11 is 0. The first-order valence-corrected chi connectivity index (χ1v) is 11.8. The third-order valence-electron chi connectivity index (χ3n) is 5.35. The van der Waals surface area contributed by atoms with Gasteiger partial charge in [-0.05, 0) is 42.7 Å². The highest BCUT2D eigenvalue weighted by molar-refractivity contribution is 7.89. The zero-order valence-electron chi connectivity index (χ0n) is 18.6. The van der Waals surface area contributed by atoms with Crippen molar-refractivity contribution in [3.8, 4) is 23.6 Å². The molecule has 1 aliphatic rings.